The van der Waals surface area contributed by atoms with E-state index in [1.54, 1.807) is 95.2 Å². The highest BCUT2D eigenvalue weighted by atomic mass is 16.8. The van der Waals surface area contributed by atoms with Gasteiger partial charge in [-0.3, -0.25) is 43.3 Å². The van der Waals surface area contributed by atoms with Crippen molar-refractivity contribution in [3.63, 3.8) is 0 Å². The number of carbonyl (C=O) groups excluding carboxylic acids is 11. The molecule has 4 aliphatic heterocycles. The minimum absolute atomic E-state index is 0. The van der Waals surface area contributed by atoms with Crippen molar-refractivity contribution in [2.24, 2.45) is 11.8 Å². The van der Waals surface area contributed by atoms with Crippen LogP contribution >= 0.6 is 0 Å². The molecule has 1 aromatic carbocycles. The van der Waals surface area contributed by atoms with Crippen molar-refractivity contribution in [1.29, 1.82) is 0 Å². The maximum Gasteiger partial charge on any atom is 0.408 e. The fraction of sp³-hybridized carbons (Fsp3) is 0.712. The monoisotopic (exact) mass is 1350 g/mol. The number of imide groups is 1. The van der Waals surface area contributed by atoms with Crippen molar-refractivity contribution >= 4 is 65.7 Å². The van der Waals surface area contributed by atoms with Crippen molar-refractivity contribution in [1.82, 2.24) is 20.9 Å². The molecular weight excluding hydrogens is 1250 g/mol. The third kappa shape index (κ3) is 22.6. The fourth-order valence-electron chi connectivity index (χ4n) is 11.6. The van der Waals surface area contributed by atoms with Crippen LogP contribution < -0.4 is 16.0 Å². The molecule has 2 saturated heterocycles. The number of esters is 5. The second-order valence-corrected chi connectivity index (χ2v) is 26.5. The topological polar surface area (TPSA) is 356 Å². The molecule has 5 aliphatic rings. The number of ketones is 1. The van der Waals surface area contributed by atoms with E-state index < -0.39 is 199 Å². The summed E-state index contributed by atoms with van der Waals surface area (Å²) >= 11 is 0. The van der Waals surface area contributed by atoms with E-state index >= 15 is 0 Å². The van der Waals surface area contributed by atoms with Crippen LogP contribution in [0, 0.1) is 11.8 Å². The lowest BCUT2D eigenvalue weighted by molar-refractivity contribution is -0.296. The molecule has 18 atom stereocenters. The van der Waals surface area contributed by atoms with Crippen LogP contribution in [0.4, 0.5) is 14.4 Å². The lowest BCUT2D eigenvalue weighted by Gasteiger charge is -2.48. The highest BCUT2D eigenvalue weighted by Gasteiger charge is 2.58. The summed E-state index contributed by atoms with van der Waals surface area (Å²) in [7, 11) is 0. The first kappa shape index (κ1) is 80.1. The highest BCUT2D eigenvalue weighted by Crippen LogP contribution is 2.43. The number of hydrogen-bond donors (Lipinski definition) is 3. The van der Waals surface area contributed by atoms with Crippen molar-refractivity contribution in [3.05, 3.63) is 47.5 Å². The molecular formula is C66H100N4O25. The number of carbonyl (C=O) groups is 11. The zero-order valence-electron chi connectivity index (χ0n) is 56.0. The largest absolute Gasteiger partial charge is 0.459 e. The minimum Gasteiger partial charge on any atom is -0.459 e. The van der Waals surface area contributed by atoms with Crippen LogP contribution in [0.1, 0.15) is 185 Å². The molecule has 6 rings (SSSR count). The maximum atomic E-state index is 14.7. The van der Waals surface area contributed by atoms with Crippen LogP contribution in [-0.2, 0) is 95.1 Å². The summed E-state index contributed by atoms with van der Waals surface area (Å²) in [5.74, 6) is -7.73. The van der Waals surface area contributed by atoms with Crippen molar-refractivity contribution in [3.8, 4) is 0 Å². The van der Waals surface area contributed by atoms with Gasteiger partial charge in [-0.2, -0.15) is 0 Å². The summed E-state index contributed by atoms with van der Waals surface area (Å²) < 4.78 is 86.5. The molecule has 1 aliphatic carbocycles. The number of benzene rings is 1. The summed E-state index contributed by atoms with van der Waals surface area (Å²) in [6, 6.07) is 3.61. The first-order chi connectivity index (χ1) is 43.3. The van der Waals surface area contributed by atoms with Gasteiger partial charge in [0.05, 0.1) is 36.0 Å². The summed E-state index contributed by atoms with van der Waals surface area (Å²) in [5, 5.41) is 8.00. The van der Waals surface area contributed by atoms with Gasteiger partial charge >= 0.3 is 48.1 Å². The van der Waals surface area contributed by atoms with Crippen LogP contribution in [0.5, 0.6) is 0 Å². The van der Waals surface area contributed by atoms with E-state index in [-0.39, 0.29) is 64.8 Å². The van der Waals surface area contributed by atoms with Gasteiger partial charge in [0.15, 0.2) is 49.1 Å². The summed E-state index contributed by atoms with van der Waals surface area (Å²) in [5.41, 5.74) is -2.53. The predicted octanol–water partition coefficient (Wildman–Crippen LogP) is 7.24. The summed E-state index contributed by atoms with van der Waals surface area (Å²) in [4.78, 5) is 148. The number of amides is 5. The normalized spacial score (nSPS) is 29.1. The highest BCUT2D eigenvalue weighted by molar-refractivity contribution is 6.21. The van der Waals surface area contributed by atoms with E-state index in [0.29, 0.717) is 0 Å². The SMILES string of the molecule is C.C.CC[C@@H]1O[C@H](O[C@H]2[C@@H](OC(C)=O)[C@H](O[C@@H]3[C@@H](OC(C)=O)[C@H](CC(=O)[C@H](CCNC(=O)OC(C)(C)C)OC(C)=O)C[C@H](C)[C@H]3O[C@H]3O[C@H](CN4C(=O)c5ccccc5C4=O)C=C[C@H]3NC(=O)OC(C)(C)C)O[C@@H]2CC)[C@H](NC(=O)OC(C)(C)C)[C@@H](OC(C)=O)[C@@H]1OC(C)=O. The molecule has 0 unspecified atom stereocenters. The number of rotatable bonds is 23. The number of alkyl carbamates (subject to hydrolysis) is 3. The molecule has 95 heavy (non-hydrogen) atoms. The molecule has 534 valence electrons. The Kier molecular flexibility index (Phi) is 28.7. The fourth-order valence-corrected chi connectivity index (χ4v) is 11.6. The first-order valence-electron chi connectivity index (χ1n) is 31.3. The van der Waals surface area contributed by atoms with Gasteiger partial charge in [-0.25, -0.2) is 14.4 Å². The second-order valence-electron chi connectivity index (χ2n) is 26.5. The van der Waals surface area contributed by atoms with E-state index in [1.165, 1.54) is 24.3 Å². The van der Waals surface area contributed by atoms with E-state index in [1.807, 2.05) is 0 Å². The Morgan fingerprint density at radius 1 is 0.558 bits per heavy atom. The zero-order chi connectivity index (χ0) is 69.2. The van der Waals surface area contributed by atoms with Crippen LogP contribution in [0.15, 0.2) is 36.4 Å². The molecule has 0 radical (unpaired) electrons. The van der Waals surface area contributed by atoms with Gasteiger partial charge in [-0.15, -0.1) is 0 Å². The molecule has 0 bridgehead atoms. The third-order valence-electron chi connectivity index (χ3n) is 15.1. The number of Topliss-reactive ketones (excluding diaryl/α,β-unsaturated/α-hetero) is 1. The van der Waals surface area contributed by atoms with Crippen molar-refractivity contribution in [2.45, 2.75) is 280 Å². The van der Waals surface area contributed by atoms with Crippen LogP contribution in [-0.4, -0.2) is 199 Å². The van der Waals surface area contributed by atoms with Crippen molar-refractivity contribution in [2.75, 3.05) is 13.1 Å². The first-order valence-corrected chi connectivity index (χ1v) is 31.3. The molecule has 3 N–H and O–H groups in total. The van der Waals surface area contributed by atoms with Gasteiger partial charge in [0, 0.05) is 59.9 Å². The Bertz CT molecular complexity index is 2880. The van der Waals surface area contributed by atoms with E-state index in [9.17, 15) is 52.7 Å². The second kappa shape index (κ2) is 34.1. The molecule has 5 amide bonds. The van der Waals surface area contributed by atoms with Crippen LogP contribution in [0.2, 0.25) is 0 Å². The Morgan fingerprint density at radius 2 is 1.03 bits per heavy atom. The third-order valence-corrected chi connectivity index (χ3v) is 15.1. The van der Waals surface area contributed by atoms with E-state index in [4.69, 9.17) is 66.3 Å². The smallest absolute Gasteiger partial charge is 0.408 e. The summed E-state index contributed by atoms with van der Waals surface area (Å²) in [6.45, 7) is 25.0. The Balaban J connectivity index is 0.00000960. The number of nitrogens with zero attached hydrogens (tertiary/aromatic N) is 1. The summed E-state index contributed by atoms with van der Waals surface area (Å²) in [6.07, 6.45) is -19.8. The molecule has 29 nitrogen and oxygen atoms in total. The van der Waals surface area contributed by atoms with Gasteiger partial charge < -0.3 is 82.3 Å². The minimum atomic E-state index is -1.71. The predicted molar refractivity (Wildman–Crippen MR) is 335 cm³/mol. The maximum absolute atomic E-state index is 14.7. The Morgan fingerprint density at radius 3 is 1.56 bits per heavy atom. The number of fused-ring (bicyclic) bond motifs is 1. The molecule has 29 heteroatoms. The van der Waals surface area contributed by atoms with Gasteiger partial charge in [-0.05, 0) is 99.6 Å². The Hall–Kier alpha value is -7.31. The molecule has 1 saturated carbocycles. The average molecular weight is 1350 g/mol. The van der Waals surface area contributed by atoms with Gasteiger partial charge in [0.2, 0.25) is 0 Å². The van der Waals surface area contributed by atoms with Crippen LogP contribution in [0.3, 0.4) is 0 Å². The lowest BCUT2D eigenvalue weighted by Crippen LogP contribution is -2.67. The van der Waals surface area contributed by atoms with Gasteiger partial charge in [0.25, 0.3) is 11.8 Å². The average Bonchev–Trinajstić information content (AvgIpc) is 1.76. The zero-order valence-corrected chi connectivity index (χ0v) is 56.0. The number of ether oxygens (including phenoxy) is 14. The Labute approximate surface area is 555 Å². The quantitative estimate of drug-likeness (QED) is 0.0420. The van der Waals surface area contributed by atoms with E-state index in [2.05, 4.69) is 16.0 Å². The van der Waals surface area contributed by atoms with E-state index in [0.717, 1.165) is 39.5 Å². The standard InChI is InChI=1S/C64H92N4O25.2CH4/c1-18-43-49(82-34(6)71)51(83-35(7)72)46(67-61(79)93-64(15,16)17)57(86-43)89-50-44(19-2)87-58(53(50)84-36(8)73)90-52-47(31(3)28-37(48(52)81-33(5)70)29-42(74)45(80-32(4)69)26-27-65-59(77)91-62(9,10)11)88-56-41(66-60(78)92-63(12,13)14)25-24-38(85-56)30-68-54(75)39-22-20-21-23-40(39)55(68)76;;/h20-25,31,37-38,41,43-53,56-58H,18-19,26-30H2,1-17H3,(H,65,77)(H,66,78)(H,67,79);2*1H4/t31-,37-,38-,41+,43-,44+,45-,46+,47+,48-,49+,50+,51+,52-,53+,56+,57+,58-;;/m0../s1. The number of nitrogens with one attached hydrogen (secondary N) is 3. The van der Waals surface area contributed by atoms with Gasteiger partial charge in [-0.1, -0.05) is 59.9 Å². The van der Waals surface area contributed by atoms with Gasteiger partial charge in [0.1, 0.15) is 53.3 Å². The molecule has 0 spiro atoms. The van der Waals surface area contributed by atoms with Crippen LogP contribution in [0.25, 0.3) is 0 Å². The van der Waals surface area contributed by atoms with Crippen molar-refractivity contribution < 1.29 is 119 Å². The molecule has 1 aromatic rings. The molecule has 3 fully saturated rings. The lowest BCUT2D eigenvalue weighted by atomic mass is 9.73. The molecule has 4 heterocycles. The number of hydrogen-bond acceptors (Lipinski definition) is 25. The molecule has 0 aromatic heterocycles.